The summed E-state index contributed by atoms with van der Waals surface area (Å²) >= 11 is 0. The Morgan fingerprint density at radius 2 is 2.05 bits per heavy atom. The Kier molecular flexibility index (Phi) is 5.00. The van der Waals surface area contributed by atoms with Crippen LogP contribution in [0.3, 0.4) is 0 Å². The molecule has 0 radical (unpaired) electrons. The number of hydrogen-bond acceptors (Lipinski definition) is 2. The van der Waals surface area contributed by atoms with Crippen LogP contribution in [0.15, 0.2) is 24.3 Å². The Morgan fingerprint density at radius 1 is 1.32 bits per heavy atom. The highest BCUT2D eigenvalue weighted by molar-refractivity contribution is 5.29. The van der Waals surface area contributed by atoms with Crippen LogP contribution >= 0.6 is 0 Å². The van der Waals surface area contributed by atoms with E-state index in [0.29, 0.717) is 18.4 Å². The zero-order valence-electron chi connectivity index (χ0n) is 12.3. The average molecular weight is 262 g/mol. The van der Waals surface area contributed by atoms with Gasteiger partial charge in [-0.1, -0.05) is 44.5 Å². The average Bonchev–Trinajstić information content (AvgIpc) is 2.33. The van der Waals surface area contributed by atoms with E-state index in [4.69, 9.17) is 4.74 Å². The van der Waals surface area contributed by atoms with Gasteiger partial charge in [0.1, 0.15) is 6.10 Å². The molecule has 0 amide bonds. The molecule has 2 rings (SSSR count). The van der Waals surface area contributed by atoms with Crippen molar-refractivity contribution in [1.82, 2.24) is 0 Å². The van der Waals surface area contributed by atoms with E-state index >= 15 is 0 Å². The molecule has 1 aromatic rings. The summed E-state index contributed by atoms with van der Waals surface area (Å²) in [6.07, 6.45) is 3.27. The third kappa shape index (κ3) is 3.37. The van der Waals surface area contributed by atoms with Crippen LogP contribution in [0.5, 0.6) is 0 Å². The molecule has 1 saturated carbocycles. The predicted molar refractivity (Wildman–Crippen MR) is 78.2 cm³/mol. The molecule has 19 heavy (non-hydrogen) atoms. The number of aliphatic hydroxyl groups excluding tert-OH is 1. The second kappa shape index (κ2) is 6.53. The van der Waals surface area contributed by atoms with Gasteiger partial charge in [0.15, 0.2) is 0 Å². The molecule has 1 fully saturated rings. The first-order valence-electron chi connectivity index (χ1n) is 7.53. The fourth-order valence-corrected chi connectivity index (χ4v) is 2.77. The van der Waals surface area contributed by atoms with E-state index in [1.54, 1.807) is 0 Å². The number of hydrogen-bond donors (Lipinski definition) is 1. The van der Waals surface area contributed by atoms with Crippen molar-refractivity contribution in [2.45, 2.75) is 58.2 Å². The largest absolute Gasteiger partial charge is 0.386 e. The molecule has 2 unspecified atom stereocenters. The standard InChI is InChI=1S/C17H26O2/c1-4-19-17(12(2)3)16(18)15-10-6-9-14(11-15)13-7-5-8-13/h6,9-13,16-18H,4-5,7-8H2,1-3H3. The molecule has 2 atom stereocenters. The van der Waals surface area contributed by atoms with E-state index in [1.165, 1.54) is 24.8 Å². The molecule has 0 aliphatic heterocycles. The van der Waals surface area contributed by atoms with Crippen molar-refractivity contribution in [1.29, 1.82) is 0 Å². The van der Waals surface area contributed by atoms with Crippen LogP contribution in [0, 0.1) is 5.92 Å². The number of benzene rings is 1. The maximum absolute atomic E-state index is 10.6. The minimum atomic E-state index is -0.528. The topological polar surface area (TPSA) is 29.5 Å². The molecule has 0 aromatic heterocycles. The zero-order chi connectivity index (χ0) is 13.8. The number of rotatable bonds is 6. The second-order valence-electron chi connectivity index (χ2n) is 5.91. The first-order chi connectivity index (χ1) is 9.13. The maximum Gasteiger partial charge on any atom is 0.105 e. The molecule has 1 aromatic carbocycles. The Hall–Kier alpha value is -0.860. The second-order valence-corrected chi connectivity index (χ2v) is 5.91. The smallest absolute Gasteiger partial charge is 0.105 e. The minimum Gasteiger partial charge on any atom is -0.386 e. The summed E-state index contributed by atoms with van der Waals surface area (Å²) < 4.78 is 5.71. The van der Waals surface area contributed by atoms with E-state index < -0.39 is 6.10 Å². The lowest BCUT2D eigenvalue weighted by molar-refractivity contribution is -0.0585. The number of aliphatic hydroxyl groups is 1. The molecule has 0 spiro atoms. The molecule has 0 heterocycles. The Bertz CT molecular complexity index is 396. The highest BCUT2D eigenvalue weighted by atomic mass is 16.5. The molecule has 0 bridgehead atoms. The van der Waals surface area contributed by atoms with Gasteiger partial charge in [0.05, 0.1) is 6.10 Å². The first-order valence-corrected chi connectivity index (χ1v) is 7.53. The van der Waals surface area contributed by atoms with Gasteiger partial charge in [0.2, 0.25) is 0 Å². The van der Waals surface area contributed by atoms with Crippen LogP contribution in [0.2, 0.25) is 0 Å². The highest BCUT2D eigenvalue weighted by Crippen LogP contribution is 2.37. The summed E-state index contributed by atoms with van der Waals surface area (Å²) in [5, 5.41) is 10.6. The lowest BCUT2D eigenvalue weighted by atomic mass is 9.79. The minimum absolute atomic E-state index is 0.123. The monoisotopic (exact) mass is 262 g/mol. The van der Waals surface area contributed by atoms with Crippen molar-refractivity contribution < 1.29 is 9.84 Å². The molecular formula is C17H26O2. The van der Waals surface area contributed by atoms with E-state index in [9.17, 15) is 5.11 Å². The van der Waals surface area contributed by atoms with Crippen molar-refractivity contribution in [2.24, 2.45) is 5.92 Å². The van der Waals surface area contributed by atoms with Gasteiger partial charge in [0, 0.05) is 6.61 Å². The highest BCUT2D eigenvalue weighted by Gasteiger charge is 2.26. The van der Waals surface area contributed by atoms with Gasteiger partial charge in [-0.3, -0.25) is 0 Å². The predicted octanol–water partition coefficient (Wildman–Crippen LogP) is 4.05. The van der Waals surface area contributed by atoms with E-state index in [0.717, 1.165) is 5.56 Å². The number of ether oxygens (including phenoxy) is 1. The third-order valence-corrected chi connectivity index (χ3v) is 4.16. The lowest BCUT2D eigenvalue weighted by Crippen LogP contribution is -2.28. The van der Waals surface area contributed by atoms with Crippen LogP contribution in [0.4, 0.5) is 0 Å². The molecule has 1 aliphatic rings. The van der Waals surface area contributed by atoms with Gasteiger partial charge in [-0.05, 0) is 42.7 Å². The molecule has 0 saturated heterocycles. The Morgan fingerprint density at radius 3 is 2.58 bits per heavy atom. The van der Waals surface area contributed by atoms with Crippen LogP contribution in [-0.2, 0) is 4.74 Å². The summed E-state index contributed by atoms with van der Waals surface area (Å²) in [4.78, 5) is 0. The van der Waals surface area contributed by atoms with Gasteiger partial charge in [0.25, 0.3) is 0 Å². The summed E-state index contributed by atoms with van der Waals surface area (Å²) in [6.45, 7) is 6.81. The summed E-state index contributed by atoms with van der Waals surface area (Å²) in [5.41, 5.74) is 2.37. The molecule has 1 N–H and O–H groups in total. The maximum atomic E-state index is 10.6. The first kappa shape index (κ1) is 14.5. The van der Waals surface area contributed by atoms with Crippen LogP contribution in [0.1, 0.15) is 63.2 Å². The molecule has 2 nitrogen and oxygen atoms in total. The van der Waals surface area contributed by atoms with Gasteiger partial charge in [-0.2, -0.15) is 0 Å². The van der Waals surface area contributed by atoms with E-state index in [1.807, 2.05) is 13.0 Å². The van der Waals surface area contributed by atoms with Crippen LogP contribution in [0.25, 0.3) is 0 Å². The molecule has 1 aliphatic carbocycles. The summed E-state index contributed by atoms with van der Waals surface area (Å²) in [6, 6.07) is 8.44. The van der Waals surface area contributed by atoms with Crippen molar-refractivity contribution in [2.75, 3.05) is 6.61 Å². The van der Waals surface area contributed by atoms with Crippen molar-refractivity contribution in [3.05, 3.63) is 35.4 Å². The SMILES string of the molecule is CCOC(C(C)C)C(O)c1cccc(C2CCC2)c1. The van der Waals surface area contributed by atoms with Gasteiger partial charge >= 0.3 is 0 Å². The van der Waals surface area contributed by atoms with Gasteiger partial charge < -0.3 is 9.84 Å². The summed E-state index contributed by atoms with van der Waals surface area (Å²) in [7, 11) is 0. The normalized spacial score (nSPS) is 19.2. The Balaban J connectivity index is 2.14. The van der Waals surface area contributed by atoms with Crippen molar-refractivity contribution in [3.63, 3.8) is 0 Å². The summed E-state index contributed by atoms with van der Waals surface area (Å²) in [5.74, 6) is 1.01. The zero-order valence-corrected chi connectivity index (χ0v) is 12.3. The van der Waals surface area contributed by atoms with Gasteiger partial charge in [-0.25, -0.2) is 0 Å². The van der Waals surface area contributed by atoms with E-state index in [2.05, 4.69) is 32.0 Å². The molecule has 2 heteroatoms. The molecular weight excluding hydrogens is 236 g/mol. The third-order valence-electron chi connectivity index (χ3n) is 4.16. The van der Waals surface area contributed by atoms with Crippen molar-refractivity contribution in [3.8, 4) is 0 Å². The van der Waals surface area contributed by atoms with Crippen LogP contribution in [-0.4, -0.2) is 17.8 Å². The van der Waals surface area contributed by atoms with Gasteiger partial charge in [-0.15, -0.1) is 0 Å². The quantitative estimate of drug-likeness (QED) is 0.838. The fraction of sp³-hybridized carbons (Fsp3) is 0.647. The van der Waals surface area contributed by atoms with Crippen LogP contribution < -0.4 is 0 Å². The molecule has 106 valence electrons. The van der Waals surface area contributed by atoms with Crippen molar-refractivity contribution >= 4 is 0 Å². The fourth-order valence-electron chi connectivity index (χ4n) is 2.77. The Labute approximate surface area is 116 Å². The lowest BCUT2D eigenvalue weighted by Gasteiger charge is -2.29. The van der Waals surface area contributed by atoms with E-state index in [-0.39, 0.29) is 6.10 Å².